The summed E-state index contributed by atoms with van der Waals surface area (Å²) in [6.07, 6.45) is 0. The molecule has 90 valence electrons. The third-order valence-electron chi connectivity index (χ3n) is 2.71. The number of rotatable bonds is 1. The molecular weight excluding hydrogens is 256 g/mol. The maximum Gasteiger partial charge on any atom is 0.347 e. The van der Waals surface area contributed by atoms with Crippen LogP contribution in [0.15, 0.2) is 27.4 Å². The largest absolute Gasteiger partial charge is 0.421 e. The van der Waals surface area contributed by atoms with Crippen molar-refractivity contribution in [2.75, 3.05) is 0 Å². The minimum atomic E-state index is -0.533. The molecule has 18 heavy (non-hydrogen) atoms. The highest BCUT2D eigenvalue weighted by Crippen LogP contribution is 2.28. The second kappa shape index (κ2) is 3.92. The first-order valence-corrected chi connectivity index (χ1v) is 5.52. The first-order chi connectivity index (χ1) is 8.68. The standard InChI is InChI=1S/C11H7ClN4O2/c1-5-6-3-2-4-7(12)9(6)18-11(17)8(5)10-13-15-16-14-10/h2-4H,1H3,(H,13,14,15,16). The van der Waals surface area contributed by atoms with Gasteiger partial charge in [-0.25, -0.2) is 4.79 Å². The van der Waals surface area contributed by atoms with Crippen LogP contribution < -0.4 is 5.63 Å². The van der Waals surface area contributed by atoms with E-state index in [1.165, 1.54) is 0 Å². The molecule has 2 heterocycles. The first kappa shape index (κ1) is 10.9. The van der Waals surface area contributed by atoms with Crippen LogP contribution in [0.25, 0.3) is 22.4 Å². The predicted molar refractivity (Wildman–Crippen MR) is 65.4 cm³/mol. The van der Waals surface area contributed by atoms with Gasteiger partial charge in [0.05, 0.1) is 5.02 Å². The van der Waals surface area contributed by atoms with E-state index in [1.54, 1.807) is 19.1 Å². The van der Waals surface area contributed by atoms with Crippen molar-refractivity contribution < 1.29 is 4.42 Å². The maximum atomic E-state index is 12.0. The van der Waals surface area contributed by atoms with Gasteiger partial charge in [-0.05, 0) is 23.8 Å². The highest BCUT2D eigenvalue weighted by atomic mass is 35.5. The minimum Gasteiger partial charge on any atom is -0.421 e. The van der Waals surface area contributed by atoms with Crippen molar-refractivity contribution in [3.63, 3.8) is 0 Å². The van der Waals surface area contributed by atoms with Crippen molar-refractivity contribution in [3.8, 4) is 11.4 Å². The number of nitrogens with one attached hydrogen (secondary N) is 1. The van der Waals surface area contributed by atoms with Gasteiger partial charge < -0.3 is 4.42 Å². The summed E-state index contributed by atoms with van der Waals surface area (Å²) in [5.41, 5.74) is 0.840. The summed E-state index contributed by atoms with van der Waals surface area (Å²) in [5, 5.41) is 14.5. The van der Waals surface area contributed by atoms with Crippen LogP contribution in [0.1, 0.15) is 5.56 Å². The number of fused-ring (bicyclic) bond motifs is 1. The normalized spacial score (nSPS) is 11.0. The molecule has 0 saturated heterocycles. The lowest BCUT2D eigenvalue weighted by molar-refractivity contribution is 0.562. The zero-order valence-corrected chi connectivity index (χ0v) is 10.0. The van der Waals surface area contributed by atoms with Gasteiger partial charge in [0.1, 0.15) is 5.56 Å². The Bertz CT molecular complexity index is 780. The summed E-state index contributed by atoms with van der Waals surface area (Å²) in [7, 11) is 0. The lowest BCUT2D eigenvalue weighted by atomic mass is 10.1. The Hall–Kier alpha value is -2.21. The highest BCUT2D eigenvalue weighted by Gasteiger charge is 2.17. The number of nitrogens with zero attached hydrogens (tertiary/aromatic N) is 3. The number of H-pyrrole nitrogens is 1. The second-order valence-corrected chi connectivity index (χ2v) is 4.15. The van der Waals surface area contributed by atoms with Gasteiger partial charge in [0.15, 0.2) is 5.58 Å². The Labute approximate surface area is 106 Å². The number of halogens is 1. The molecule has 0 radical (unpaired) electrons. The molecule has 0 aliphatic carbocycles. The van der Waals surface area contributed by atoms with Crippen LogP contribution in [0.4, 0.5) is 0 Å². The summed E-state index contributed by atoms with van der Waals surface area (Å²) in [4.78, 5) is 12.0. The van der Waals surface area contributed by atoms with E-state index in [-0.39, 0.29) is 5.82 Å². The van der Waals surface area contributed by atoms with Gasteiger partial charge in [0.25, 0.3) is 0 Å². The average Bonchev–Trinajstić information content (AvgIpc) is 2.84. The number of hydrogen-bond donors (Lipinski definition) is 1. The molecule has 3 rings (SSSR count). The van der Waals surface area contributed by atoms with E-state index in [0.717, 1.165) is 5.39 Å². The molecule has 0 atom stereocenters. The van der Waals surface area contributed by atoms with Crippen molar-refractivity contribution in [3.05, 3.63) is 39.2 Å². The van der Waals surface area contributed by atoms with Gasteiger partial charge in [0, 0.05) is 5.39 Å². The van der Waals surface area contributed by atoms with Gasteiger partial charge >= 0.3 is 5.63 Å². The fourth-order valence-corrected chi connectivity index (χ4v) is 2.08. The predicted octanol–water partition coefficient (Wildman–Crippen LogP) is 1.93. The van der Waals surface area contributed by atoms with Gasteiger partial charge in [-0.1, -0.05) is 23.7 Å². The first-order valence-electron chi connectivity index (χ1n) is 5.14. The van der Waals surface area contributed by atoms with Crippen LogP contribution >= 0.6 is 11.6 Å². The Morgan fingerprint density at radius 1 is 1.39 bits per heavy atom. The number of aromatic amines is 1. The van der Waals surface area contributed by atoms with Crippen LogP contribution in [-0.4, -0.2) is 20.6 Å². The van der Waals surface area contributed by atoms with Crippen LogP contribution in [0.5, 0.6) is 0 Å². The zero-order valence-electron chi connectivity index (χ0n) is 9.27. The van der Waals surface area contributed by atoms with Gasteiger partial charge in [-0.3, -0.25) is 0 Å². The molecule has 0 aliphatic rings. The second-order valence-electron chi connectivity index (χ2n) is 3.74. The number of para-hydroxylation sites is 1. The summed E-state index contributed by atoms with van der Waals surface area (Å²) < 4.78 is 5.22. The Kier molecular flexibility index (Phi) is 2.38. The summed E-state index contributed by atoms with van der Waals surface area (Å²) >= 11 is 6.00. The van der Waals surface area contributed by atoms with E-state index in [9.17, 15) is 4.79 Å². The van der Waals surface area contributed by atoms with Crippen LogP contribution in [0, 0.1) is 6.92 Å². The fourth-order valence-electron chi connectivity index (χ4n) is 1.87. The van der Waals surface area contributed by atoms with Crippen LogP contribution in [0.3, 0.4) is 0 Å². The molecule has 3 aromatic rings. The molecular formula is C11H7ClN4O2. The van der Waals surface area contributed by atoms with Gasteiger partial charge in [-0.2, -0.15) is 5.21 Å². The zero-order chi connectivity index (χ0) is 12.7. The van der Waals surface area contributed by atoms with Crippen molar-refractivity contribution in [2.24, 2.45) is 0 Å². The highest BCUT2D eigenvalue weighted by molar-refractivity contribution is 6.34. The maximum absolute atomic E-state index is 12.0. The molecule has 0 fully saturated rings. The SMILES string of the molecule is Cc1c(-c2nn[nH]n2)c(=O)oc2c(Cl)cccc12. The quantitative estimate of drug-likeness (QED) is 0.678. The summed E-state index contributed by atoms with van der Waals surface area (Å²) in [5.74, 6) is 0.211. The fraction of sp³-hybridized carbons (Fsp3) is 0.0909. The molecule has 1 aromatic carbocycles. The molecule has 0 unspecified atom stereocenters. The molecule has 1 N–H and O–H groups in total. The van der Waals surface area contributed by atoms with Crippen molar-refractivity contribution in [1.82, 2.24) is 20.6 Å². The van der Waals surface area contributed by atoms with E-state index in [0.29, 0.717) is 21.7 Å². The van der Waals surface area contributed by atoms with Crippen molar-refractivity contribution >= 4 is 22.6 Å². The number of tetrazole rings is 1. The van der Waals surface area contributed by atoms with E-state index in [2.05, 4.69) is 20.6 Å². The molecule has 2 aromatic heterocycles. The van der Waals surface area contributed by atoms with E-state index in [1.807, 2.05) is 6.07 Å². The molecule has 0 bridgehead atoms. The lowest BCUT2D eigenvalue weighted by Gasteiger charge is -2.05. The Morgan fingerprint density at radius 2 is 2.22 bits per heavy atom. The minimum absolute atomic E-state index is 0.211. The molecule has 0 spiro atoms. The van der Waals surface area contributed by atoms with Crippen LogP contribution in [0.2, 0.25) is 5.02 Å². The van der Waals surface area contributed by atoms with E-state index in [4.69, 9.17) is 16.0 Å². The third kappa shape index (κ3) is 1.50. The smallest absolute Gasteiger partial charge is 0.347 e. The number of aromatic nitrogens is 4. The number of hydrogen-bond acceptors (Lipinski definition) is 5. The Balaban J connectivity index is 2.46. The van der Waals surface area contributed by atoms with Gasteiger partial charge in [-0.15, -0.1) is 10.2 Å². The van der Waals surface area contributed by atoms with E-state index >= 15 is 0 Å². The molecule has 0 amide bonds. The number of benzene rings is 1. The number of aryl methyl sites for hydroxylation is 1. The molecule has 7 heteroatoms. The monoisotopic (exact) mass is 262 g/mol. The van der Waals surface area contributed by atoms with Crippen molar-refractivity contribution in [2.45, 2.75) is 6.92 Å². The lowest BCUT2D eigenvalue weighted by Crippen LogP contribution is -2.07. The third-order valence-corrected chi connectivity index (χ3v) is 3.01. The van der Waals surface area contributed by atoms with E-state index < -0.39 is 5.63 Å². The van der Waals surface area contributed by atoms with Gasteiger partial charge in [0.2, 0.25) is 5.82 Å². The molecule has 0 saturated carbocycles. The van der Waals surface area contributed by atoms with Crippen LogP contribution in [-0.2, 0) is 0 Å². The topological polar surface area (TPSA) is 84.7 Å². The van der Waals surface area contributed by atoms with Crippen molar-refractivity contribution in [1.29, 1.82) is 0 Å². The summed E-state index contributed by atoms with van der Waals surface area (Å²) in [6, 6.07) is 5.28. The molecule has 6 nitrogen and oxygen atoms in total. The molecule has 0 aliphatic heterocycles. The average molecular weight is 263 g/mol. The Morgan fingerprint density at radius 3 is 2.94 bits per heavy atom. The summed E-state index contributed by atoms with van der Waals surface area (Å²) in [6.45, 7) is 1.79.